The van der Waals surface area contributed by atoms with Crippen LogP contribution in [0.15, 0.2) is 59.4 Å². The molecule has 0 saturated heterocycles. The number of carbonyl (C=O) groups is 1. The molecule has 4 aromatic rings. The van der Waals surface area contributed by atoms with E-state index in [1.54, 1.807) is 37.0 Å². The summed E-state index contributed by atoms with van der Waals surface area (Å²) in [6.45, 7) is 0.356. The van der Waals surface area contributed by atoms with E-state index in [0.29, 0.717) is 63.6 Å². The maximum absolute atomic E-state index is 14.0. The molecule has 0 amide bonds. The molecule has 1 heterocycles. The molecule has 5 rings (SSSR count). The Balaban J connectivity index is 1.74. The lowest BCUT2D eigenvalue weighted by Crippen LogP contribution is -2.25. The van der Waals surface area contributed by atoms with Crippen molar-refractivity contribution in [2.45, 2.75) is 13.0 Å². The Hall–Kier alpha value is -4.26. The fourth-order valence-electron chi connectivity index (χ4n) is 4.87. The quantitative estimate of drug-likeness (QED) is 0.348. The van der Waals surface area contributed by atoms with Crippen molar-refractivity contribution in [3.63, 3.8) is 0 Å². The van der Waals surface area contributed by atoms with Crippen LogP contribution in [0.3, 0.4) is 0 Å². The van der Waals surface area contributed by atoms with Crippen LogP contribution in [0.1, 0.15) is 21.5 Å². The number of aryl methyl sites for hydroxylation is 1. The van der Waals surface area contributed by atoms with E-state index in [2.05, 4.69) is 0 Å². The molecule has 178 valence electrons. The van der Waals surface area contributed by atoms with Crippen LogP contribution in [0.2, 0.25) is 0 Å². The van der Waals surface area contributed by atoms with E-state index in [1.807, 2.05) is 36.4 Å². The highest BCUT2D eigenvalue weighted by Crippen LogP contribution is 2.43. The molecule has 0 spiro atoms. The second-order valence-electron chi connectivity index (χ2n) is 8.22. The average Bonchev–Trinajstić information content (AvgIpc) is 3.19. The normalized spacial score (nSPS) is 11.8. The molecule has 1 aromatic heterocycles. The summed E-state index contributed by atoms with van der Waals surface area (Å²) < 4.78 is 23.5. The van der Waals surface area contributed by atoms with Gasteiger partial charge in [-0.25, -0.2) is 0 Å². The Morgan fingerprint density at radius 1 is 0.743 bits per heavy atom. The summed E-state index contributed by atoms with van der Waals surface area (Å²) >= 11 is 0. The molecule has 0 atom stereocenters. The van der Waals surface area contributed by atoms with E-state index in [1.165, 1.54) is 14.2 Å². The number of hydrogen-bond donors (Lipinski definition) is 0. The Kier molecular flexibility index (Phi) is 5.68. The van der Waals surface area contributed by atoms with E-state index in [0.717, 1.165) is 11.1 Å². The molecule has 0 aliphatic heterocycles. The Labute approximate surface area is 202 Å². The van der Waals surface area contributed by atoms with Crippen LogP contribution in [0.5, 0.6) is 23.0 Å². The monoisotopic (exact) mass is 471 g/mol. The number of rotatable bonds is 7. The number of carbonyl (C=O) groups excluding carboxylic acids is 1. The van der Waals surface area contributed by atoms with E-state index >= 15 is 0 Å². The van der Waals surface area contributed by atoms with Crippen LogP contribution >= 0.6 is 0 Å². The molecule has 3 aromatic carbocycles. The maximum Gasteiger partial charge on any atom is 0.262 e. The third-order valence-corrected chi connectivity index (χ3v) is 6.51. The van der Waals surface area contributed by atoms with Crippen LogP contribution in [0.4, 0.5) is 0 Å². The second-order valence-corrected chi connectivity index (χ2v) is 8.22. The van der Waals surface area contributed by atoms with Gasteiger partial charge in [0.15, 0.2) is 28.8 Å². The molecule has 0 fully saturated rings. The summed E-state index contributed by atoms with van der Waals surface area (Å²) in [5.74, 6) is 1.91. The summed E-state index contributed by atoms with van der Waals surface area (Å²) in [6.07, 6.45) is 0.543. The van der Waals surface area contributed by atoms with E-state index < -0.39 is 0 Å². The molecule has 0 N–H and O–H groups in total. The van der Waals surface area contributed by atoms with Crippen LogP contribution in [0.25, 0.3) is 22.0 Å². The van der Waals surface area contributed by atoms with Gasteiger partial charge in [0, 0.05) is 23.1 Å². The van der Waals surface area contributed by atoms with Crippen molar-refractivity contribution in [2.75, 3.05) is 28.4 Å². The molecular formula is C28H25NO6. The topological polar surface area (TPSA) is 76.0 Å². The van der Waals surface area contributed by atoms with Crippen molar-refractivity contribution in [1.29, 1.82) is 0 Å². The molecular weight excluding hydrogens is 446 g/mol. The van der Waals surface area contributed by atoms with Gasteiger partial charge in [-0.2, -0.15) is 0 Å². The zero-order chi connectivity index (χ0) is 24.7. The number of pyridine rings is 1. The van der Waals surface area contributed by atoms with Gasteiger partial charge in [0.05, 0.1) is 45.1 Å². The lowest BCUT2D eigenvalue weighted by atomic mass is 10.0. The van der Waals surface area contributed by atoms with Gasteiger partial charge in [-0.1, -0.05) is 30.3 Å². The summed E-state index contributed by atoms with van der Waals surface area (Å²) in [4.78, 5) is 27.5. The van der Waals surface area contributed by atoms with Crippen LogP contribution in [-0.2, 0) is 13.0 Å². The highest BCUT2D eigenvalue weighted by Gasteiger charge is 2.33. The first-order valence-electron chi connectivity index (χ1n) is 11.2. The van der Waals surface area contributed by atoms with Gasteiger partial charge in [-0.3, -0.25) is 9.59 Å². The molecule has 0 bridgehead atoms. The largest absolute Gasteiger partial charge is 0.493 e. The smallest absolute Gasteiger partial charge is 0.262 e. The molecule has 7 nitrogen and oxygen atoms in total. The minimum atomic E-state index is -0.237. The van der Waals surface area contributed by atoms with Gasteiger partial charge in [0.1, 0.15) is 0 Å². The fourth-order valence-corrected chi connectivity index (χ4v) is 4.87. The van der Waals surface area contributed by atoms with Crippen molar-refractivity contribution in [3.8, 4) is 34.3 Å². The Bertz CT molecular complexity index is 1540. The van der Waals surface area contributed by atoms with E-state index in [-0.39, 0.29) is 11.3 Å². The average molecular weight is 472 g/mol. The maximum atomic E-state index is 14.0. The predicted octanol–water partition coefficient (Wildman–Crippen LogP) is 4.49. The summed E-state index contributed by atoms with van der Waals surface area (Å²) in [7, 11) is 6.19. The van der Waals surface area contributed by atoms with Gasteiger partial charge in [-0.15, -0.1) is 0 Å². The van der Waals surface area contributed by atoms with Crippen molar-refractivity contribution < 1.29 is 23.7 Å². The molecule has 1 aliphatic carbocycles. The minimum Gasteiger partial charge on any atom is -0.493 e. The predicted molar refractivity (Wildman–Crippen MR) is 133 cm³/mol. The van der Waals surface area contributed by atoms with Crippen molar-refractivity contribution in [1.82, 2.24) is 4.57 Å². The number of nitrogens with zero attached hydrogens (tertiary/aromatic N) is 1. The molecule has 0 unspecified atom stereocenters. The molecule has 7 heteroatoms. The lowest BCUT2D eigenvalue weighted by molar-refractivity contribution is 0.104. The number of methoxy groups -OCH3 is 4. The number of ketones is 1. The Morgan fingerprint density at radius 2 is 1.43 bits per heavy atom. The van der Waals surface area contributed by atoms with Crippen LogP contribution in [0, 0.1) is 0 Å². The van der Waals surface area contributed by atoms with Gasteiger partial charge in [-0.05, 0) is 36.2 Å². The first-order valence-corrected chi connectivity index (χ1v) is 11.2. The van der Waals surface area contributed by atoms with Crippen molar-refractivity contribution >= 4 is 16.6 Å². The third kappa shape index (κ3) is 3.43. The second kappa shape index (κ2) is 8.83. The van der Waals surface area contributed by atoms with Gasteiger partial charge in [0.25, 0.3) is 5.56 Å². The van der Waals surface area contributed by atoms with Crippen LogP contribution in [-0.4, -0.2) is 38.8 Å². The van der Waals surface area contributed by atoms with Gasteiger partial charge >= 0.3 is 0 Å². The van der Waals surface area contributed by atoms with Crippen molar-refractivity contribution in [2.24, 2.45) is 0 Å². The van der Waals surface area contributed by atoms with Crippen LogP contribution < -0.4 is 24.5 Å². The third-order valence-electron chi connectivity index (χ3n) is 6.51. The molecule has 35 heavy (non-hydrogen) atoms. The number of fused-ring (bicyclic) bond motifs is 5. The fraction of sp³-hybridized carbons (Fsp3) is 0.214. The van der Waals surface area contributed by atoms with Gasteiger partial charge < -0.3 is 23.5 Å². The first kappa shape index (κ1) is 22.5. The number of ether oxygens (including phenoxy) is 4. The van der Waals surface area contributed by atoms with E-state index in [4.69, 9.17) is 18.9 Å². The summed E-state index contributed by atoms with van der Waals surface area (Å²) in [5.41, 5.74) is 3.22. The number of aromatic nitrogens is 1. The number of benzene rings is 3. The lowest BCUT2D eigenvalue weighted by Gasteiger charge is -2.18. The molecule has 1 aliphatic rings. The molecule has 0 radical (unpaired) electrons. The SMILES string of the molecule is COc1ccc(CCn2c3c(c4ccc(OC)c(OC)c4c2=O)C(=O)c2ccccc2-3)cc1OC. The first-order chi connectivity index (χ1) is 17.0. The highest BCUT2D eigenvalue weighted by atomic mass is 16.5. The van der Waals surface area contributed by atoms with E-state index in [9.17, 15) is 9.59 Å². The standard InChI is InChI=1S/C28H25NO6/c1-32-20-11-9-16(15-22(20)34-3)13-14-29-25-17-7-5-6-8-18(17)26(30)23(25)19-10-12-21(33-2)27(35-4)24(19)28(29)31/h5-12,15H,13-14H2,1-4H3. The van der Waals surface area contributed by atoms with Crippen molar-refractivity contribution in [3.05, 3.63) is 81.6 Å². The zero-order valence-electron chi connectivity index (χ0n) is 20.0. The molecule has 0 saturated carbocycles. The number of hydrogen-bond acceptors (Lipinski definition) is 6. The highest BCUT2D eigenvalue weighted by molar-refractivity contribution is 6.27. The zero-order valence-corrected chi connectivity index (χ0v) is 20.0. The van der Waals surface area contributed by atoms with Gasteiger partial charge in [0.2, 0.25) is 0 Å². The summed E-state index contributed by atoms with van der Waals surface area (Å²) in [5, 5.41) is 0.894. The summed E-state index contributed by atoms with van der Waals surface area (Å²) in [6, 6.07) is 16.6. The minimum absolute atomic E-state index is 0.104. The Morgan fingerprint density at radius 3 is 2.11 bits per heavy atom.